The molecule has 1 aromatic heterocycles. The monoisotopic (exact) mass is 588 g/mol. The maximum absolute atomic E-state index is 13.3. The second-order valence-corrected chi connectivity index (χ2v) is 9.92. The maximum atomic E-state index is 13.3. The number of pyridine rings is 1. The van der Waals surface area contributed by atoms with E-state index in [-0.39, 0.29) is 24.7 Å². The number of carbonyl (C=O) groups is 3. The first-order valence-corrected chi connectivity index (χ1v) is 13.3. The number of carbonyl (C=O) groups excluding carboxylic acids is 3. The highest BCUT2D eigenvalue weighted by Crippen LogP contribution is 2.33. The maximum Gasteiger partial charge on any atom is 0.416 e. The van der Waals surface area contributed by atoms with Gasteiger partial charge in [0.05, 0.1) is 29.4 Å². The lowest BCUT2D eigenvalue weighted by molar-refractivity contribution is -0.137. The summed E-state index contributed by atoms with van der Waals surface area (Å²) < 4.78 is 43.9. The van der Waals surface area contributed by atoms with Crippen molar-refractivity contribution in [3.8, 4) is 11.1 Å². The zero-order chi connectivity index (χ0) is 30.6. The molecule has 220 valence electrons. The summed E-state index contributed by atoms with van der Waals surface area (Å²) in [6.45, 7) is 0.274. The molecule has 0 spiro atoms. The number of nitrogens with zero attached hydrogens (tertiary/aromatic N) is 1. The Morgan fingerprint density at radius 2 is 1.74 bits per heavy atom. The molecule has 1 atom stereocenters. The number of aromatic nitrogens is 1. The van der Waals surface area contributed by atoms with Gasteiger partial charge in [0.1, 0.15) is 6.61 Å². The molecular formula is C32H27F3N4O4. The molecule has 4 aromatic rings. The molecule has 1 unspecified atom stereocenters. The third-order valence-electron chi connectivity index (χ3n) is 7.01. The number of rotatable bonds is 9. The Morgan fingerprint density at radius 3 is 2.49 bits per heavy atom. The second kappa shape index (κ2) is 12.6. The average Bonchev–Trinajstić information content (AvgIpc) is 3.41. The largest absolute Gasteiger partial charge is 0.416 e. The van der Waals surface area contributed by atoms with Crippen LogP contribution in [0.4, 0.5) is 24.5 Å². The van der Waals surface area contributed by atoms with E-state index in [1.54, 1.807) is 60.8 Å². The van der Waals surface area contributed by atoms with Crippen molar-refractivity contribution in [3.05, 3.63) is 113 Å². The van der Waals surface area contributed by atoms with Gasteiger partial charge >= 0.3 is 6.18 Å². The molecule has 2 amide bonds. The quantitative estimate of drug-likeness (QED) is 0.236. The molecule has 1 aliphatic heterocycles. The lowest BCUT2D eigenvalue weighted by Gasteiger charge is -2.14. The van der Waals surface area contributed by atoms with E-state index in [4.69, 9.17) is 4.74 Å². The van der Waals surface area contributed by atoms with Gasteiger partial charge in [0.15, 0.2) is 5.78 Å². The van der Waals surface area contributed by atoms with Crippen molar-refractivity contribution in [2.24, 2.45) is 0 Å². The number of nitrogens with one attached hydrogen (secondary N) is 3. The van der Waals surface area contributed by atoms with Crippen molar-refractivity contribution in [1.29, 1.82) is 0 Å². The van der Waals surface area contributed by atoms with E-state index in [0.717, 1.165) is 23.3 Å². The number of anilines is 2. The number of ether oxygens (including phenoxy) is 1. The molecule has 3 N–H and O–H groups in total. The molecule has 0 saturated heterocycles. The van der Waals surface area contributed by atoms with Gasteiger partial charge in [-0.25, -0.2) is 0 Å². The molecule has 43 heavy (non-hydrogen) atoms. The molecule has 0 bridgehead atoms. The average molecular weight is 589 g/mol. The van der Waals surface area contributed by atoms with Gasteiger partial charge in [-0.2, -0.15) is 13.2 Å². The summed E-state index contributed by atoms with van der Waals surface area (Å²) in [6, 6.07) is 19.3. The van der Waals surface area contributed by atoms with E-state index >= 15 is 0 Å². The van der Waals surface area contributed by atoms with Crippen LogP contribution in [0.2, 0.25) is 0 Å². The molecule has 3 aromatic carbocycles. The number of hydrogen-bond acceptors (Lipinski definition) is 6. The Labute approximate surface area is 245 Å². The topological polar surface area (TPSA) is 109 Å². The van der Waals surface area contributed by atoms with Crippen molar-refractivity contribution in [2.75, 3.05) is 24.4 Å². The van der Waals surface area contributed by atoms with Gasteiger partial charge in [0.25, 0.3) is 5.91 Å². The number of Topliss-reactive ketones (excluding diaryl/α,β-unsaturated/α-hetero) is 1. The summed E-state index contributed by atoms with van der Waals surface area (Å²) in [7, 11) is 1.41. The fourth-order valence-electron chi connectivity index (χ4n) is 4.97. The lowest BCUT2D eigenvalue weighted by atomic mass is 9.97. The van der Waals surface area contributed by atoms with E-state index in [9.17, 15) is 27.6 Å². The number of benzene rings is 3. The van der Waals surface area contributed by atoms with Crippen LogP contribution in [0.1, 0.15) is 38.8 Å². The predicted octanol–water partition coefficient (Wildman–Crippen LogP) is 5.56. The van der Waals surface area contributed by atoms with E-state index in [0.29, 0.717) is 40.3 Å². The minimum Gasteiger partial charge on any atom is -0.375 e. The van der Waals surface area contributed by atoms with E-state index in [1.807, 2.05) is 0 Å². The minimum atomic E-state index is -4.45. The predicted molar refractivity (Wildman–Crippen MR) is 154 cm³/mol. The van der Waals surface area contributed by atoms with Gasteiger partial charge in [0.2, 0.25) is 5.91 Å². The highest BCUT2D eigenvalue weighted by molar-refractivity contribution is 6.08. The van der Waals surface area contributed by atoms with Gasteiger partial charge in [-0.15, -0.1) is 0 Å². The Balaban J connectivity index is 1.29. The minimum absolute atomic E-state index is 0.0141. The van der Waals surface area contributed by atoms with Crippen molar-refractivity contribution in [3.63, 3.8) is 0 Å². The summed E-state index contributed by atoms with van der Waals surface area (Å²) in [6.07, 6.45) is -2.92. The third-order valence-corrected chi connectivity index (χ3v) is 7.01. The number of ketones is 1. The number of halogens is 3. The van der Waals surface area contributed by atoms with Crippen molar-refractivity contribution in [1.82, 2.24) is 10.3 Å². The van der Waals surface area contributed by atoms with Crippen LogP contribution < -0.4 is 16.0 Å². The van der Waals surface area contributed by atoms with Gasteiger partial charge in [0, 0.05) is 31.1 Å². The normalized spacial score (nSPS) is 14.2. The summed E-state index contributed by atoms with van der Waals surface area (Å²) in [5, 5.41) is 8.77. The number of fused-ring (bicyclic) bond motifs is 1. The molecule has 0 aliphatic carbocycles. The summed E-state index contributed by atoms with van der Waals surface area (Å²) in [5.41, 5.74) is 3.49. The molecule has 8 nitrogen and oxygen atoms in total. The Morgan fingerprint density at radius 1 is 0.977 bits per heavy atom. The van der Waals surface area contributed by atoms with Gasteiger partial charge in [-0.1, -0.05) is 36.4 Å². The number of alkyl halides is 3. The van der Waals surface area contributed by atoms with Crippen LogP contribution in [0.5, 0.6) is 0 Å². The highest BCUT2D eigenvalue weighted by atomic mass is 19.4. The van der Waals surface area contributed by atoms with Gasteiger partial charge in [-0.3, -0.25) is 24.7 Å². The zero-order valence-corrected chi connectivity index (χ0v) is 23.0. The molecule has 1 aliphatic rings. The van der Waals surface area contributed by atoms with Gasteiger partial charge in [-0.05, 0) is 64.7 Å². The zero-order valence-electron chi connectivity index (χ0n) is 23.0. The van der Waals surface area contributed by atoms with Crippen LogP contribution in [-0.2, 0) is 33.5 Å². The van der Waals surface area contributed by atoms with Crippen LogP contribution in [0, 0.1) is 0 Å². The fraction of sp³-hybridized carbons (Fsp3) is 0.188. The lowest BCUT2D eigenvalue weighted by Crippen LogP contribution is -2.25. The molecule has 0 saturated carbocycles. The molecule has 0 radical (unpaired) electrons. The summed E-state index contributed by atoms with van der Waals surface area (Å²) >= 11 is 0. The van der Waals surface area contributed by atoms with Crippen LogP contribution in [0.15, 0.2) is 85.1 Å². The molecule has 2 heterocycles. The fourth-order valence-corrected chi connectivity index (χ4v) is 4.97. The summed E-state index contributed by atoms with van der Waals surface area (Å²) in [4.78, 5) is 42.8. The Hall–Kier alpha value is -4.87. The van der Waals surface area contributed by atoms with Crippen LogP contribution in [0.3, 0.4) is 0 Å². The van der Waals surface area contributed by atoms with E-state index in [1.165, 1.54) is 19.2 Å². The highest BCUT2D eigenvalue weighted by Gasteiger charge is 2.31. The van der Waals surface area contributed by atoms with Crippen LogP contribution in [-0.4, -0.2) is 36.3 Å². The van der Waals surface area contributed by atoms with Crippen molar-refractivity contribution in [2.45, 2.75) is 25.2 Å². The molecule has 5 rings (SSSR count). The molecule has 0 fully saturated rings. The SMILES string of the molecule is COCC(=O)Nc1cccnc1CC(=O)C1NCc2cc(NC(=O)c3ccccc3-c3ccc(C(F)(F)F)cc3)ccc21. The first-order valence-electron chi connectivity index (χ1n) is 13.3. The van der Waals surface area contributed by atoms with Crippen LogP contribution in [0.25, 0.3) is 11.1 Å². The molecule has 11 heteroatoms. The van der Waals surface area contributed by atoms with E-state index in [2.05, 4.69) is 20.9 Å². The number of methoxy groups -OCH3 is 1. The van der Waals surface area contributed by atoms with Gasteiger partial charge < -0.3 is 15.4 Å². The number of amides is 2. The third kappa shape index (κ3) is 6.79. The molecular weight excluding hydrogens is 561 g/mol. The first-order chi connectivity index (χ1) is 20.6. The first kappa shape index (κ1) is 29.6. The summed E-state index contributed by atoms with van der Waals surface area (Å²) in [5.74, 6) is -0.917. The van der Waals surface area contributed by atoms with Crippen molar-refractivity contribution >= 4 is 29.0 Å². The second-order valence-electron chi connectivity index (χ2n) is 9.92. The smallest absolute Gasteiger partial charge is 0.375 e. The number of hydrogen-bond donors (Lipinski definition) is 3. The van der Waals surface area contributed by atoms with E-state index < -0.39 is 23.7 Å². The Bertz CT molecular complexity index is 1670. The standard InChI is InChI=1S/C32H27F3N4O4/c1-43-18-29(41)39-26-7-4-14-36-27(26)16-28(40)30-24-13-12-22(15-20(24)17-37-30)38-31(42)25-6-3-2-5-23(25)19-8-10-21(11-9-19)32(33,34)35/h2-15,30,37H,16-18H2,1H3,(H,38,42)(H,39,41). The van der Waals surface area contributed by atoms with Crippen LogP contribution >= 0.6 is 0 Å². The van der Waals surface area contributed by atoms with Crippen molar-refractivity contribution < 1.29 is 32.3 Å². The Kier molecular flexibility index (Phi) is 8.65.